The Balaban J connectivity index is 1.63. The lowest BCUT2D eigenvalue weighted by Crippen LogP contribution is -2.25. The minimum atomic E-state index is -0.647. The molecule has 0 heterocycles. The van der Waals surface area contributed by atoms with Gasteiger partial charge < -0.3 is 9.94 Å². The zero-order valence-electron chi connectivity index (χ0n) is 14.6. The van der Waals surface area contributed by atoms with Crippen molar-refractivity contribution in [2.75, 3.05) is 0 Å². The first-order chi connectivity index (χ1) is 12.7. The van der Waals surface area contributed by atoms with E-state index in [2.05, 4.69) is 17.1 Å². The minimum Gasteiger partial charge on any atom is -0.435 e. The minimum absolute atomic E-state index is 0.403. The Morgan fingerprint density at radius 1 is 1.04 bits per heavy atom. The average molecular weight is 348 g/mol. The molecule has 26 heavy (non-hydrogen) atoms. The number of amides is 1. The fraction of sp³-hybridized carbons (Fsp3) is 0.286. The lowest BCUT2D eigenvalue weighted by atomic mass is 9.88. The van der Waals surface area contributed by atoms with Crippen LogP contribution in [0.25, 0.3) is 11.1 Å². The average Bonchev–Trinajstić information content (AvgIpc) is 2.96. The van der Waals surface area contributed by atoms with Crippen LogP contribution in [0.15, 0.2) is 58.7 Å². The normalized spacial score (nSPS) is 22.3. The summed E-state index contributed by atoms with van der Waals surface area (Å²) in [6.07, 6.45) is 1.06. The van der Waals surface area contributed by atoms with Crippen molar-refractivity contribution in [3.63, 3.8) is 0 Å². The molecule has 1 amide bonds. The van der Waals surface area contributed by atoms with Gasteiger partial charge in [0.15, 0.2) is 6.10 Å². The van der Waals surface area contributed by atoms with Crippen molar-refractivity contribution in [1.29, 1.82) is 0 Å². The fourth-order valence-electron chi connectivity index (χ4n) is 3.77. The molecule has 2 aromatic carbocycles. The van der Waals surface area contributed by atoms with E-state index in [1.54, 1.807) is 0 Å². The molecule has 5 heteroatoms. The number of hydrogen-bond acceptors (Lipinski definition) is 4. The van der Waals surface area contributed by atoms with E-state index < -0.39 is 12.2 Å². The zero-order valence-corrected chi connectivity index (χ0v) is 14.6. The second-order valence-electron chi connectivity index (χ2n) is 6.89. The molecule has 0 radical (unpaired) electrons. The zero-order chi connectivity index (χ0) is 18.1. The molecule has 1 saturated carbocycles. The molecule has 1 fully saturated rings. The van der Waals surface area contributed by atoms with Crippen LogP contribution in [-0.2, 0) is 4.74 Å². The molecular formula is C21H20N2O3. The Kier molecular flexibility index (Phi) is 4.29. The van der Waals surface area contributed by atoms with Crippen LogP contribution in [0.5, 0.6) is 0 Å². The summed E-state index contributed by atoms with van der Waals surface area (Å²) < 4.78 is 5.73. The SMILES string of the molecule is CC1CCC(=NO)C(=NC(=O)OC2c3ccccc3-c3ccccc32)C1. The monoisotopic (exact) mass is 348 g/mol. The molecule has 0 spiro atoms. The number of fused-ring (bicyclic) bond motifs is 3. The van der Waals surface area contributed by atoms with Crippen molar-refractivity contribution >= 4 is 17.5 Å². The van der Waals surface area contributed by atoms with Crippen LogP contribution in [0.4, 0.5) is 4.79 Å². The molecule has 132 valence electrons. The first-order valence-electron chi connectivity index (χ1n) is 8.85. The first kappa shape index (κ1) is 16.5. The molecule has 0 aliphatic heterocycles. The van der Waals surface area contributed by atoms with Crippen LogP contribution in [-0.4, -0.2) is 22.7 Å². The van der Waals surface area contributed by atoms with Crippen LogP contribution < -0.4 is 0 Å². The van der Waals surface area contributed by atoms with Gasteiger partial charge in [-0.05, 0) is 36.3 Å². The maximum Gasteiger partial charge on any atom is 0.434 e. The van der Waals surface area contributed by atoms with Crippen molar-refractivity contribution in [1.82, 2.24) is 0 Å². The maximum absolute atomic E-state index is 12.5. The summed E-state index contributed by atoms with van der Waals surface area (Å²) in [6.45, 7) is 2.10. The summed E-state index contributed by atoms with van der Waals surface area (Å²) in [5, 5.41) is 12.5. The number of rotatable bonds is 1. The lowest BCUT2D eigenvalue weighted by molar-refractivity contribution is 0.129. The molecule has 1 atom stereocenters. The summed E-state index contributed by atoms with van der Waals surface area (Å²) in [6, 6.07) is 15.9. The third-order valence-corrected chi connectivity index (χ3v) is 5.09. The Hall–Kier alpha value is -2.95. The predicted octanol–water partition coefficient (Wildman–Crippen LogP) is 4.98. The number of carbonyl (C=O) groups is 1. The van der Waals surface area contributed by atoms with Gasteiger partial charge in [0.25, 0.3) is 0 Å². The van der Waals surface area contributed by atoms with Gasteiger partial charge in [0.05, 0.1) is 5.71 Å². The van der Waals surface area contributed by atoms with Gasteiger partial charge in [-0.2, -0.15) is 4.99 Å². The Labute approximate surface area is 152 Å². The molecule has 4 rings (SSSR count). The quantitative estimate of drug-likeness (QED) is 0.583. The second kappa shape index (κ2) is 6.75. The summed E-state index contributed by atoms with van der Waals surface area (Å²) in [7, 11) is 0. The van der Waals surface area contributed by atoms with Crippen molar-refractivity contribution in [2.45, 2.75) is 32.3 Å². The van der Waals surface area contributed by atoms with Crippen LogP contribution in [0.2, 0.25) is 0 Å². The molecule has 0 saturated heterocycles. The largest absolute Gasteiger partial charge is 0.435 e. The van der Waals surface area contributed by atoms with Gasteiger partial charge in [-0.15, -0.1) is 0 Å². The molecule has 2 aliphatic carbocycles. The molecule has 2 aromatic rings. The van der Waals surface area contributed by atoms with Crippen LogP contribution in [0, 0.1) is 5.92 Å². The third kappa shape index (κ3) is 2.90. The predicted molar refractivity (Wildman–Crippen MR) is 99.9 cm³/mol. The van der Waals surface area contributed by atoms with E-state index >= 15 is 0 Å². The van der Waals surface area contributed by atoms with E-state index in [1.165, 1.54) is 0 Å². The smallest absolute Gasteiger partial charge is 0.434 e. The molecule has 1 N–H and O–H groups in total. The molecule has 0 bridgehead atoms. The number of oxime groups is 1. The third-order valence-electron chi connectivity index (χ3n) is 5.09. The lowest BCUT2D eigenvalue weighted by Gasteiger charge is -2.20. The summed E-state index contributed by atoms with van der Waals surface area (Å²) >= 11 is 0. The number of benzene rings is 2. The Morgan fingerprint density at radius 2 is 1.65 bits per heavy atom. The highest BCUT2D eigenvalue weighted by molar-refractivity contribution is 6.43. The highest BCUT2D eigenvalue weighted by Crippen LogP contribution is 2.45. The van der Waals surface area contributed by atoms with E-state index in [0.717, 1.165) is 28.7 Å². The number of nitrogens with zero attached hydrogens (tertiary/aromatic N) is 2. The second-order valence-corrected chi connectivity index (χ2v) is 6.89. The van der Waals surface area contributed by atoms with Gasteiger partial charge in [-0.1, -0.05) is 60.6 Å². The van der Waals surface area contributed by atoms with E-state index in [-0.39, 0.29) is 0 Å². The van der Waals surface area contributed by atoms with Crippen LogP contribution in [0.1, 0.15) is 43.4 Å². The van der Waals surface area contributed by atoms with Gasteiger partial charge in [-0.25, -0.2) is 4.79 Å². The standard InChI is InChI=1S/C21H20N2O3/c1-13-10-11-18(23-25)19(12-13)22-21(24)26-20-16-8-4-2-6-14(16)15-7-3-5-9-17(15)20/h2-9,13,20,25H,10-12H2,1H3. The van der Waals surface area contributed by atoms with E-state index in [1.807, 2.05) is 48.5 Å². The van der Waals surface area contributed by atoms with Gasteiger partial charge in [0.2, 0.25) is 0 Å². The molecule has 2 aliphatic rings. The summed E-state index contributed by atoms with van der Waals surface area (Å²) in [5.41, 5.74) is 5.10. The molecule has 1 unspecified atom stereocenters. The van der Waals surface area contributed by atoms with Crippen molar-refractivity contribution < 1.29 is 14.7 Å². The highest BCUT2D eigenvalue weighted by atomic mass is 16.6. The van der Waals surface area contributed by atoms with Crippen molar-refractivity contribution in [2.24, 2.45) is 16.1 Å². The molecule has 0 aromatic heterocycles. The van der Waals surface area contributed by atoms with Gasteiger partial charge in [-0.3, -0.25) is 0 Å². The van der Waals surface area contributed by atoms with Gasteiger partial charge in [0.1, 0.15) is 5.71 Å². The van der Waals surface area contributed by atoms with Crippen LogP contribution >= 0.6 is 0 Å². The van der Waals surface area contributed by atoms with Crippen molar-refractivity contribution in [3.05, 3.63) is 59.7 Å². The van der Waals surface area contributed by atoms with E-state index in [0.29, 0.717) is 30.2 Å². The van der Waals surface area contributed by atoms with Gasteiger partial charge in [0, 0.05) is 11.1 Å². The number of carbonyl (C=O) groups excluding carboxylic acids is 1. The van der Waals surface area contributed by atoms with E-state index in [9.17, 15) is 4.79 Å². The van der Waals surface area contributed by atoms with E-state index in [4.69, 9.17) is 9.94 Å². The summed E-state index contributed by atoms with van der Waals surface area (Å²) in [4.78, 5) is 16.6. The van der Waals surface area contributed by atoms with Crippen LogP contribution in [0.3, 0.4) is 0 Å². The highest BCUT2D eigenvalue weighted by Gasteiger charge is 2.31. The number of ether oxygens (including phenoxy) is 1. The number of hydrogen-bond donors (Lipinski definition) is 1. The number of aliphatic imine (C=N–C) groups is 1. The van der Waals surface area contributed by atoms with Gasteiger partial charge >= 0.3 is 6.09 Å². The van der Waals surface area contributed by atoms with Crippen molar-refractivity contribution in [3.8, 4) is 11.1 Å². The maximum atomic E-state index is 12.5. The summed E-state index contributed by atoms with van der Waals surface area (Å²) in [5.74, 6) is 0.403. The topological polar surface area (TPSA) is 71.2 Å². The molecule has 5 nitrogen and oxygen atoms in total. The Bertz CT molecular complexity index is 871. The fourth-order valence-corrected chi connectivity index (χ4v) is 3.77. The first-order valence-corrected chi connectivity index (χ1v) is 8.85. The molecular weight excluding hydrogens is 328 g/mol. The Morgan fingerprint density at radius 3 is 2.27 bits per heavy atom.